The van der Waals surface area contributed by atoms with Gasteiger partial charge in [-0.25, -0.2) is 4.79 Å². The van der Waals surface area contributed by atoms with E-state index in [0.29, 0.717) is 0 Å². The van der Waals surface area contributed by atoms with Crippen molar-refractivity contribution in [3.63, 3.8) is 0 Å². The number of nitrogens with one attached hydrogen (secondary N) is 2. The van der Waals surface area contributed by atoms with Crippen LogP contribution in [0.3, 0.4) is 0 Å². The van der Waals surface area contributed by atoms with Crippen molar-refractivity contribution in [2.45, 2.75) is 39.3 Å². The number of nitro groups is 1. The predicted octanol–water partition coefficient (Wildman–Crippen LogP) is 0.396. The summed E-state index contributed by atoms with van der Waals surface area (Å²) in [5, 5.41) is 19.5. The molecule has 108 valence electrons. The van der Waals surface area contributed by atoms with Crippen LogP contribution in [0.2, 0.25) is 0 Å². The van der Waals surface area contributed by atoms with Gasteiger partial charge in [0, 0.05) is 6.04 Å². The Morgan fingerprint density at radius 3 is 2.60 bits per heavy atom. The van der Waals surface area contributed by atoms with E-state index in [-0.39, 0.29) is 29.7 Å². The SMILES string of the molecule is Cc1nn(CC(=O)NC(=O)NC2CC2)c(C)c1[N+](=O)[O-]. The Labute approximate surface area is 114 Å². The maximum Gasteiger partial charge on any atom is 0.321 e. The highest BCUT2D eigenvalue weighted by atomic mass is 16.6. The Kier molecular flexibility index (Phi) is 3.68. The normalized spacial score (nSPS) is 13.9. The van der Waals surface area contributed by atoms with Crippen LogP contribution in [-0.2, 0) is 11.3 Å². The number of amides is 3. The third kappa shape index (κ3) is 3.11. The molecule has 0 radical (unpaired) electrons. The van der Waals surface area contributed by atoms with Crippen molar-refractivity contribution in [2.24, 2.45) is 0 Å². The molecular formula is C11H15N5O4. The summed E-state index contributed by atoms with van der Waals surface area (Å²) in [5.41, 5.74) is 0.410. The molecule has 0 aliphatic heterocycles. The van der Waals surface area contributed by atoms with Crippen molar-refractivity contribution in [3.05, 3.63) is 21.5 Å². The number of urea groups is 1. The number of hydrogen-bond donors (Lipinski definition) is 2. The van der Waals surface area contributed by atoms with E-state index in [1.54, 1.807) is 0 Å². The van der Waals surface area contributed by atoms with Gasteiger partial charge in [0.25, 0.3) is 0 Å². The van der Waals surface area contributed by atoms with Gasteiger partial charge in [0.05, 0.1) is 4.92 Å². The molecule has 0 spiro atoms. The maximum atomic E-state index is 11.7. The summed E-state index contributed by atoms with van der Waals surface area (Å²) < 4.78 is 1.22. The summed E-state index contributed by atoms with van der Waals surface area (Å²) in [6.45, 7) is 2.77. The average molecular weight is 281 g/mol. The maximum absolute atomic E-state index is 11.7. The van der Waals surface area contributed by atoms with Crippen molar-refractivity contribution in [3.8, 4) is 0 Å². The lowest BCUT2D eigenvalue weighted by atomic mass is 10.3. The molecule has 2 rings (SSSR count). The van der Waals surface area contributed by atoms with Crippen LogP contribution in [0, 0.1) is 24.0 Å². The van der Waals surface area contributed by atoms with Crippen molar-refractivity contribution < 1.29 is 14.5 Å². The fourth-order valence-electron chi connectivity index (χ4n) is 1.86. The lowest BCUT2D eigenvalue weighted by Crippen LogP contribution is -2.42. The van der Waals surface area contributed by atoms with Gasteiger partial charge >= 0.3 is 11.7 Å². The number of aromatic nitrogens is 2. The molecule has 20 heavy (non-hydrogen) atoms. The molecular weight excluding hydrogens is 266 g/mol. The summed E-state index contributed by atoms with van der Waals surface area (Å²) in [6, 6.07) is -0.397. The summed E-state index contributed by atoms with van der Waals surface area (Å²) in [4.78, 5) is 33.3. The van der Waals surface area contributed by atoms with E-state index in [1.807, 2.05) is 0 Å². The number of hydrogen-bond acceptors (Lipinski definition) is 5. The quantitative estimate of drug-likeness (QED) is 0.611. The number of carbonyl (C=O) groups is 2. The highest BCUT2D eigenvalue weighted by molar-refractivity contribution is 5.94. The van der Waals surface area contributed by atoms with Gasteiger partial charge in [0.2, 0.25) is 5.91 Å². The van der Waals surface area contributed by atoms with Gasteiger partial charge in [-0.1, -0.05) is 0 Å². The molecule has 9 heteroatoms. The predicted molar refractivity (Wildman–Crippen MR) is 68.1 cm³/mol. The molecule has 1 saturated carbocycles. The summed E-state index contributed by atoms with van der Waals surface area (Å²) in [5.74, 6) is -0.566. The zero-order chi connectivity index (χ0) is 14.9. The molecule has 1 aromatic rings. The Balaban J connectivity index is 1.98. The third-order valence-electron chi connectivity index (χ3n) is 2.98. The number of nitrogens with zero attached hydrogens (tertiary/aromatic N) is 3. The van der Waals surface area contributed by atoms with Crippen LogP contribution in [0.25, 0.3) is 0 Å². The molecule has 1 heterocycles. The van der Waals surface area contributed by atoms with Crippen molar-refractivity contribution in [1.29, 1.82) is 0 Å². The van der Waals surface area contributed by atoms with Crippen LogP contribution in [0.5, 0.6) is 0 Å². The Morgan fingerprint density at radius 1 is 1.45 bits per heavy atom. The van der Waals surface area contributed by atoms with Gasteiger partial charge in [-0.15, -0.1) is 0 Å². The van der Waals surface area contributed by atoms with E-state index in [4.69, 9.17) is 0 Å². The topological polar surface area (TPSA) is 119 Å². The van der Waals surface area contributed by atoms with Gasteiger partial charge in [-0.3, -0.25) is 24.9 Å². The monoisotopic (exact) mass is 281 g/mol. The van der Waals surface area contributed by atoms with Gasteiger partial charge in [-0.05, 0) is 26.7 Å². The molecule has 9 nitrogen and oxygen atoms in total. The van der Waals surface area contributed by atoms with Gasteiger partial charge < -0.3 is 5.32 Å². The van der Waals surface area contributed by atoms with Crippen LogP contribution in [0.15, 0.2) is 0 Å². The second-order valence-corrected chi connectivity index (χ2v) is 4.73. The standard InChI is InChI=1S/C11H15N5O4/c1-6-10(16(19)20)7(2)15(14-6)5-9(17)13-11(18)12-8-3-4-8/h8H,3-5H2,1-2H3,(H2,12,13,17,18). The molecule has 1 aliphatic carbocycles. The van der Waals surface area contributed by atoms with E-state index >= 15 is 0 Å². The molecule has 0 aromatic carbocycles. The fourth-order valence-corrected chi connectivity index (χ4v) is 1.86. The van der Waals surface area contributed by atoms with Gasteiger partial charge in [0.1, 0.15) is 17.9 Å². The molecule has 3 amide bonds. The minimum Gasteiger partial charge on any atom is -0.335 e. The summed E-state index contributed by atoms with van der Waals surface area (Å²) in [7, 11) is 0. The van der Waals surface area contributed by atoms with Crippen LogP contribution in [-0.4, -0.2) is 32.7 Å². The van der Waals surface area contributed by atoms with Crippen LogP contribution < -0.4 is 10.6 Å². The number of carbonyl (C=O) groups excluding carboxylic acids is 2. The van der Waals surface area contributed by atoms with Crippen molar-refractivity contribution >= 4 is 17.6 Å². The lowest BCUT2D eigenvalue weighted by molar-refractivity contribution is -0.386. The highest BCUT2D eigenvalue weighted by Gasteiger charge is 2.25. The van der Waals surface area contributed by atoms with Gasteiger partial charge in [0.15, 0.2) is 0 Å². The molecule has 2 N–H and O–H groups in total. The molecule has 1 fully saturated rings. The first-order chi connectivity index (χ1) is 9.38. The number of rotatable bonds is 4. The second kappa shape index (κ2) is 5.27. The zero-order valence-corrected chi connectivity index (χ0v) is 11.2. The fraction of sp³-hybridized carbons (Fsp3) is 0.545. The van der Waals surface area contributed by atoms with E-state index in [9.17, 15) is 19.7 Å². The summed E-state index contributed by atoms with van der Waals surface area (Å²) >= 11 is 0. The Morgan fingerprint density at radius 2 is 2.10 bits per heavy atom. The third-order valence-corrected chi connectivity index (χ3v) is 2.98. The second-order valence-electron chi connectivity index (χ2n) is 4.73. The van der Waals surface area contributed by atoms with E-state index in [1.165, 1.54) is 18.5 Å². The Bertz CT molecular complexity index is 576. The minimum atomic E-state index is -0.566. The van der Waals surface area contributed by atoms with Crippen molar-refractivity contribution in [1.82, 2.24) is 20.4 Å². The van der Waals surface area contributed by atoms with Crippen LogP contribution in [0.1, 0.15) is 24.2 Å². The van der Waals surface area contributed by atoms with Crippen molar-refractivity contribution in [2.75, 3.05) is 0 Å². The van der Waals surface area contributed by atoms with Gasteiger partial charge in [-0.2, -0.15) is 5.10 Å². The molecule has 0 bridgehead atoms. The van der Waals surface area contributed by atoms with Crippen LogP contribution in [0.4, 0.5) is 10.5 Å². The zero-order valence-electron chi connectivity index (χ0n) is 11.2. The lowest BCUT2D eigenvalue weighted by Gasteiger charge is -2.06. The largest absolute Gasteiger partial charge is 0.335 e. The molecule has 1 aliphatic rings. The molecule has 1 aromatic heterocycles. The number of aryl methyl sites for hydroxylation is 1. The molecule has 0 unspecified atom stereocenters. The minimum absolute atomic E-state index is 0.111. The van der Waals surface area contributed by atoms with E-state index in [0.717, 1.165) is 12.8 Å². The van der Waals surface area contributed by atoms with Crippen LogP contribution >= 0.6 is 0 Å². The first-order valence-electron chi connectivity index (χ1n) is 6.17. The highest BCUT2D eigenvalue weighted by Crippen LogP contribution is 2.21. The first-order valence-corrected chi connectivity index (χ1v) is 6.17. The number of imide groups is 1. The van der Waals surface area contributed by atoms with E-state index in [2.05, 4.69) is 15.7 Å². The smallest absolute Gasteiger partial charge is 0.321 e. The summed E-state index contributed by atoms with van der Waals surface area (Å²) in [6.07, 6.45) is 1.84. The average Bonchev–Trinajstić information content (AvgIpc) is 3.06. The Hall–Kier alpha value is -2.45. The molecule has 0 saturated heterocycles. The first kappa shape index (κ1) is 14.0. The molecule has 0 atom stereocenters. The van der Waals surface area contributed by atoms with E-state index < -0.39 is 16.9 Å².